The standard InChI is InChI=1S/C58H98NO8P/c1-6-8-10-12-14-16-18-20-22-23-24-25-26-27-28-29-30-31-32-33-34-35-37-39-41-43-45-47-49-51-58(61)67-56(55-66-68(62,63)65-53-52-59(3,4)5)54-64-57(60)50-48-46-44-42-40-38-36-21-19-17-15-13-11-9-7-2/h8-11,14-17,20-22,24-25,27-28,30-31,36,56H,6-7,12-13,18-19,23,26,29,32-35,37-55H2,1-5H3/p+1/b10-8-,11-9-,16-14-,17-15-,22-20-,25-24-,28-27-,31-30-,36-21-. The summed E-state index contributed by atoms with van der Waals surface area (Å²) in [5.74, 6) is -0.831. The number of carbonyl (C=O) groups excluding carboxylic acids is 2. The minimum Gasteiger partial charge on any atom is -0.462 e. The summed E-state index contributed by atoms with van der Waals surface area (Å²) in [6.45, 7) is 4.16. The number of quaternary nitrogens is 1. The van der Waals surface area contributed by atoms with Crippen LogP contribution in [-0.2, 0) is 32.7 Å². The number of phosphoric acid groups is 1. The van der Waals surface area contributed by atoms with Crippen LogP contribution in [0.1, 0.15) is 194 Å². The van der Waals surface area contributed by atoms with E-state index < -0.39 is 26.5 Å². The SMILES string of the molecule is CC/C=C\C/C=C\C/C=C\C/C=C\C/C=C\C/C=C\CCCCCCCCCCCCC(=O)OC(COC(=O)CCCCCCC/C=C\C/C=C\C/C=C\CC)COP(=O)(O)OCC[N+](C)(C)C. The second-order valence-electron chi connectivity index (χ2n) is 18.5. The molecular formula is C58H99NO8P+. The van der Waals surface area contributed by atoms with Crippen LogP contribution in [0.15, 0.2) is 109 Å². The van der Waals surface area contributed by atoms with Crippen molar-refractivity contribution < 1.29 is 42.1 Å². The number of rotatable bonds is 47. The van der Waals surface area contributed by atoms with E-state index in [0.29, 0.717) is 23.9 Å². The van der Waals surface area contributed by atoms with Gasteiger partial charge < -0.3 is 18.9 Å². The minimum absolute atomic E-state index is 0.0220. The molecule has 9 nitrogen and oxygen atoms in total. The molecule has 0 aliphatic heterocycles. The van der Waals surface area contributed by atoms with Gasteiger partial charge in [0.05, 0.1) is 27.7 Å². The van der Waals surface area contributed by atoms with Gasteiger partial charge in [-0.15, -0.1) is 0 Å². The molecule has 0 radical (unpaired) electrons. The molecule has 0 heterocycles. The molecule has 0 bridgehead atoms. The van der Waals surface area contributed by atoms with Gasteiger partial charge in [0.25, 0.3) is 0 Å². The Balaban J connectivity index is 4.22. The molecule has 388 valence electrons. The molecule has 0 saturated heterocycles. The van der Waals surface area contributed by atoms with Crippen molar-refractivity contribution >= 4 is 19.8 Å². The Hall–Kier alpha value is -3.33. The summed E-state index contributed by atoms with van der Waals surface area (Å²) < 4.78 is 34.4. The van der Waals surface area contributed by atoms with Crippen LogP contribution in [0, 0.1) is 0 Å². The summed E-state index contributed by atoms with van der Waals surface area (Å²) in [5, 5.41) is 0. The smallest absolute Gasteiger partial charge is 0.462 e. The number of ether oxygens (including phenoxy) is 2. The van der Waals surface area contributed by atoms with Crippen LogP contribution in [0.3, 0.4) is 0 Å². The lowest BCUT2D eigenvalue weighted by molar-refractivity contribution is -0.870. The second-order valence-corrected chi connectivity index (χ2v) is 19.9. The van der Waals surface area contributed by atoms with E-state index in [1.54, 1.807) is 0 Å². The van der Waals surface area contributed by atoms with E-state index in [-0.39, 0.29) is 32.0 Å². The molecule has 0 rings (SSSR count). The fourth-order valence-electron chi connectivity index (χ4n) is 6.74. The van der Waals surface area contributed by atoms with Gasteiger partial charge in [0.1, 0.15) is 19.8 Å². The fraction of sp³-hybridized carbons (Fsp3) is 0.655. The Morgan fingerprint density at radius 1 is 0.456 bits per heavy atom. The van der Waals surface area contributed by atoms with Crippen LogP contribution in [-0.4, -0.2) is 74.9 Å². The van der Waals surface area contributed by atoms with Gasteiger partial charge >= 0.3 is 19.8 Å². The maximum absolute atomic E-state index is 12.8. The highest BCUT2D eigenvalue weighted by Gasteiger charge is 2.27. The summed E-state index contributed by atoms with van der Waals surface area (Å²) in [5.41, 5.74) is 0. The molecule has 0 aromatic carbocycles. The maximum Gasteiger partial charge on any atom is 0.472 e. The Bertz CT molecular complexity index is 1520. The molecular weight excluding hydrogens is 870 g/mol. The van der Waals surface area contributed by atoms with Gasteiger partial charge in [-0.1, -0.05) is 194 Å². The third-order valence-corrected chi connectivity index (χ3v) is 11.8. The van der Waals surface area contributed by atoms with E-state index in [1.807, 2.05) is 21.1 Å². The van der Waals surface area contributed by atoms with Gasteiger partial charge in [-0.3, -0.25) is 18.6 Å². The van der Waals surface area contributed by atoms with Gasteiger partial charge in [-0.2, -0.15) is 0 Å². The summed E-state index contributed by atoms with van der Waals surface area (Å²) in [6.07, 6.45) is 67.2. The lowest BCUT2D eigenvalue weighted by Gasteiger charge is -2.24. The Kier molecular flexibility index (Phi) is 46.3. The first kappa shape index (κ1) is 64.7. The Morgan fingerprint density at radius 2 is 0.794 bits per heavy atom. The number of unbranched alkanes of at least 4 members (excludes halogenated alkanes) is 15. The van der Waals surface area contributed by atoms with Crippen molar-refractivity contribution in [3.05, 3.63) is 109 Å². The number of hydrogen-bond donors (Lipinski definition) is 1. The monoisotopic (exact) mass is 969 g/mol. The summed E-state index contributed by atoms with van der Waals surface area (Å²) in [4.78, 5) is 35.6. The average molecular weight is 969 g/mol. The molecule has 10 heteroatoms. The molecule has 0 aromatic heterocycles. The van der Waals surface area contributed by atoms with Crippen LogP contribution >= 0.6 is 7.82 Å². The van der Waals surface area contributed by atoms with Crippen LogP contribution in [0.25, 0.3) is 0 Å². The highest BCUT2D eigenvalue weighted by molar-refractivity contribution is 7.47. The maximum atomic E-state index is 12.8. The highest BCUT2D eigenvalue weighted by Crippen LogP contribution is 2.43. The Morgan fingerprint density at radius 3 is 1.18 bits per heavy atom. The lowest BCUT2D eigenvalue weighted by atomic mass is 10.0. The molecule has 0 aromatic rings. The van der Waals surface area contributed by atoms with Crippen LogP contribution in [0.5, 0.6) is 0 Å². The topological polar surface area (TPSA) is 108 Å². The predicted octanol–water partition coefficient (Wildman–Crippen LogP) is 16.2. The second kappa shape index (κ2) is 48.7. The summed E-state index contributed by atoms with van der Waals surface area (Å²) >= 11 is 0. The van der Waals surface area contributed by atoms with E-state index in [9.17, 15) is 19.0 Å². The zero-order valence-electron chi connectivity index (χ0n) is 43.8. The molecule has 0 saturated carbocycles. The van der Waals surface area contributed by atoms with Crippen LogP contribution < -0.4 is 0 Å². The number of phosphoric ester groups is 1. The van der Waals surface area contributed by atoms with Gasteiger partial charge in [-0.25, -0.2) is 4.57 Å². The molecule has 0 fully saturated rings. The van der Waals surface area contributed by atoms with Crippen molar-refractivity contribution in [3.8, 4) is 0 Å². The van der Waals surface area contributed by atoms with Gasteiger partial charge in [-0.05, 0) is 96.3 Å². The number of nitrogens with zero attached hydrogens (tertiary/aromatic N) is 1. The fourth-order valence-corrected chi connectivity index (χ4v) is 7.48. The van der Waals surface area contributed by atoms with Crippen LogP contribution in [0.4, 0.5) is 0 Å². The largest absolute Gasteiger partial charge is 0.472 e. The van der Waals surface area contributed by atoms with E-state index in [2.05, 4.69) is 123 Å². The van der Waals surface area contributed by atoms with Crippen LogP contribution in [0.2, 0.25) is 0 Å². The first-order valence-corrected chi connectivity index (χ1v) is 28.1. The lowest BCUT2D eigenvalue weighted by Crippen LogP contribution is -2.37. The number of esters is 2. The van der Waals surface area contributed by atoms with Gasteiger partial charge in [0, 0.05) is 12.8 Å². The van der Waals surface area contributed by atoms with Crippen molar-refractivity contribution in [1.29, 1.82) is 0 Å². The third-order valence-electron chi connectivity index (χ3n) is 10.8. The van der Waals surface area contributed by atoms with Crippen molar-refractivity contribution in [2.75, 3.05) is 47.5 Å². The molecule has 2 unspecified atom stereocenters. The highest BCUT2D eigenvalue weighted by atomic mass is 31.2. The van der Waals surface area contributed by atoms with E-state index >= 15 is 0 Å². The van der Waals surface area contributed by atoms with Crippen molar-refractivity contribution in [3.63, 3.8) is 0 Å². The minimum atomic E-state index is -4.39. The summed E-state index contributed by atoms with van der Waals surface area (Å²) in [6, 6.07) is 0. The third kappa shape index (κ3) is 52.0. The number of hydrogen-bond acceptors (Lipinski definition) is 7. The zero-order valence-corrected chi connectivity index (χ0v) is 44.7. The first-order chi connectivity index (χ1) is 33.0. The van der Waals surface area contributed by atoms with E-state index in [0.717, 1.165) is 116 Å². The van der Waals surface area contributed by atoms with E-state index in [4.69, 9.17) is 18.5 Å². The predicted molar refractivity (Wildman–Crippen MR) is 288 cm³/mol. The molecule has 0 aliphatic carbocycles. The summed E-state index contributed by atoms with van der Waals surface area (Å²) in [7, 11) is 1.45. The van der Waals surface area contributed by atoms with E-state index in [1.165, 1.54) is 38.5 Å². The average Bonchev–Trinajstić information content (AvgIpc) is 3.30. The quantitative estimate of drug-likeness (QED) is 0.0211. The Labute approximate surface area is 416 Å². The number of carbonyl (C=O) groups is 2. The van der Waals surface area contributed by atoms with Crippen molar-refractivity contribution in [2.24, 2.45) is 0 Å². The number of allylic oxidation sites excluding steroid dienone is 18. The molecule has 2 atom stereocenters. The molecule has 68 heavy (non-hydrogen) atoms. The van der Waals surface area contributed by atoms with Crippen molar-refractivity contribution in [1.82, 2.24) is 0 Å². The van der Waals surface area contributed by atoms with Gasteiger partial charge in [0.15, 0.2) is 6.10 Å². The normalized spacial score (nSPS) is 14.3. The first-order valence-electron chi connectivity index (χ1n) is 26.6. The van der Waals surface area contributed by atoms with Gasteiger partial charge in [0.2, 0.25) is 0 Å². The molecule has 1 N–H and O–H groups in total. The molecule has 0 amide bonds. The zero-order chi connectivity index (χ0) is 49.9. The molecule has 0 spiro atoms. The van der Waals surface area contributed by atoms with Crippen molar-refractivity contribution in [2.45, 2.75) is 200 Å². The number of likely N-dealkylation sites (N-methyl/N-ethyl adjacent to an activating group) is 1. The molecule has 0 aliphatic rings.